The summed E-state index contributed by atoms with van der Waals surface area (Å²) in [4.78, 5) is 0. The third-order valence-corrected chi connectivity index (χ3v) is 4.29. The molecular weight excluding hydrogens is 268 g/mol. The van der Waals surface area contributed by atoms with E-state index in [4.69, 9.17) is 0 Å². The predicted molar refractivity (Wildman–Crippen MR) is 94.2 cm³/mol. The van der Waals surface area contributed by atoms with Crippen molar-refractivity contribution in [1.82, 2.24) is 0 Å². The lowest BCUT2D eigenvalue weighted by Gasteiger charge is -2.15. The molecule has 2 aromatic carbocycles. The third-order valence-electron chi connectivity index (χ3n) is 4.29. The van der Waals surface area contributed by atoms with E-state index in [1.165, 1.54) is 16.0 Å². The molecule has 1 nitrogen and oxygen atoms in total. The van der Waals surface area contributed by atoms with Gasteiger partial charge in [-0.2, -0.15) is 0 Å². The summed E-state index contributed by atoms with van der Waals surface area (Å²) >= 11 is 0. The van der Waals surface area contributed by atoms with E-state index in [1.54, 1.807) is 6.07 Å². The topological polar surface area (TPSA) is 20.2 Å². The van der Waals surface area contributed by atoms with Gasteiger partial charge in [0.15, 0.2) is 0 Å². The van der Waals surface area contributed by atoms with Crippen LogP contribution in [-0.2, 0) is 0 Å². The molecule has 0 heterocycles. The number of unbranched alkanes of at least 4 members (excludes halogenated alkanes) is 1. The smallest absolute Gasteiger partial charge is 0.116 e. The summed E-state index contributed by atoms with van der Waals surface area (Å²) in [5.41, 5.74) is 1.34. The van der Waals surface area contributed by atoms with Crippen LogP contribution in [0.3, 0.4) is 0 Å². The molecule has 0 spiro atoms. The Morgan fingerprint density at radius 3 is 2.86 bits per heavy atom. The third kappa shape index (κ3) is 2.99. The van der Waals surface area contributed by atoms with Gasteiger partial charge in [-0.05, 0) is 51.4 Å². The number of rotatable bonds is 3. The van der Waals surface area contributed by atoms with Crippen molar-refractivity contribution >= 4 is 24.8 Å². The normalized spacial score (nSPS) is 17.5. The van der Waals surface area contributed by atoms with Crippen molar-refractivity contribution in [1.29, 1.82) is 0 Å². The Hall–Kier alpha value is -2.28. The summed E-state index contributed by atoms with van der Waals surface area (Å²) < 4.78 is 0. The van der Waals surface area contributed by atoms with Crippen LogP contribution in [0.15, 0.2) is 36.4 Å². The van der Waals surface area contributed by atoms with E-state index in [-0.39, 0.29) is 0 Å². The van der Waals surface area contributed by atoms with E-state index < -0.39 is 0 Å². The zero-order valence-corrected chi connectivity index (χ0v) is 13.0. The van der Waals surface area contributed by atoms with E-state index in [0.29, 0.717) is 11.7 Å². The van der Waals surface area contributed by atoms with Crippen LogP contribution in [-0.4, -0.2) is 5.11 Å². The van der Waals surface area contributed by atoms with Gasteiger partial charge in [0.2, 0.25) is 0 Å². The lowest BCUT2D eigenvalue weighted by atomic mass is 9.90. The lowest BCUT2D eigenvalue weighted by Crippen LogP contribution is -2.29. The summed E-state index contributed by atoms with van der Waals surface area (Å²) in [6, 6.07) is 12.2. The minimum absolute atomic E-state index is 0.333. The number of phenolic OH excluding ortho intramolecular Hbond substituents is 1. The van der Waals surface area contributed by atoms with E-state index >= 15 is 0 Å². The minimum atomic E-state index is 0.333. The molecule has 1 atom stereocenters. The summed E-state index contributed by atoms with van der Waals surface area (Å²) in [6.45, 7) is 6.32. The van der Waals surface area contributed by atoms with Crippen molar-refractivity contribution in [2.45, 2.75) is 32.1 Å². The first-order chi connectivity index (χ1) is 10.7. The summed E-state index contributed by atoms with van der Waals surface area (Å²) in [7, 11) is 0. The lowest BCUT2D eigenvalue weighted by molar-refractivity contribution is 0.474. The van der Waals surface area contributed by atoms with Crippen molar-refractivity contribution < 1.29 is 5.11 Å². The SMILES string of the molecule is C=c1ccc(C2C=c3ccc(O)cc3=CC2)c/c1=C/CCC. The Morgan fingerprint density at radius 2 is 2.05 bits per heavy atom. The molecule has 0 aliphatic heterocycles. The fourth-order valence-corrected chi connectivity index (χ4v) is 3.00. The van der Waals surface area contributed by atoms with Crippen LogP contribution in [0.2, 0.25) is 0 Å². The highest BCUT2D eigenvalue weighted by Gasteiger charge is 2.10. The quantitative estimate of drug-likeness (QED) is 0.918. The van der Waals surface area contributed by atoms with Crippen LogP contribution in [0.25, 0.3) is 24.8 Å². The Labute approximate surface area is 131 Å². The Balaban J connectivity index is 2.03. The summed E-state index contributed by atoms with van der Waals surface area (Å²) in [5, 5.41) is 14.3. The number of benzene rings is 2. The highest BCUT2D eigenvalue weighted by molar-refractivity contribution is 5.50. The van der Waals surface area contributed by atoms with Gasteiger partial charge < -0.3 is 5.11 Å². The average Bonchev–Trinajstić information content (AvgIpc) is 2.53. The number of fused-ring (bicyclic) bond motifs is 1. The van der Waals surface area contributed by atoms with E-state index in [9.17, 15) is 5.11 Å². The number of phenols is 1. The van der Waals surface area contributed by atoms with Crippen molar-refractivity contribution in [2.24, 2.45) is 0 Å². The Morgan fingerprint density at radius 1 is 1.18 bits per heavy atom. The molecule has 1 unspecified atom stereocenters. The summed E-state index contributed by atoms with van der Waals surface area (Å²) in [5.74, 6) is 0.728. The maximum Gasteiger partial charge on any atom is 0.116 e. The van der Waals surface area contributed by atoms with Crippen molar-refractivity contribution in [3.05, 3.63) is 62.8 Å². The van der Waals surface area contributed by atoms with Gasteiger partial charge in [0.05, 0.1) is 0 Å². The van der Waals surface area contributed by atoms with Crippen molar-refractivity contribution in [3.63, 3.8) is 0 Å². The average molecular weight is 290 g/mol. The molecule has 0 radical (unpaired) electrons. The van der Waals surface area contributed by atoms with Gasteiger partial charge >= 0.3 is 0 Å². The molecule has 2 aromatic rings. The fraction of sp³-hybridized carbons (Fsp3) is 0.238. The first-order valence-corrected chi connectivity index (χ1v) is 7.97. The number of aromatic hydroxyl groups is 1. The van der Waals surface area contributed by atoms with Crippen molar-refractivity contribution in [3.8, 4) is 5.75 Å². The van der Waals surface area contributed by atoms with Gasteiger partial charge in [0.25, 0.3) is 0 Å². The number of hydrogen-bond donors (Lipinski definition) is 1. The van der Waals surface area contributed by atoms with Gasteiger partial charge in [0.1, 0.15) is 5.75 Å². The largest absolute Gasteiger partial charge is 0.508 e. The molecule has 112 valence electrons. The molecule has 0 bridgehead atoms. The van der Waals surface area contributed by atoms with Gasteiger partial charge in [-0.1, -0.05) is 62.4 Å². The molecule has 0 aromatic heterocycles. The van der Waals surface area contributed by atoms with Crippen LogP contribution in [0.5, 0.6) is 5.75 Å². The molecule has 1 N–H and O–H groups in total. The molecule has 3 rings (SSSR count). The van der Waals surface area contributed by atoms with Crippen LogP contribution in [0.1, 0.15) is 37.7 Å². The standard InChI is InChI=1S/C21H22O/c1-3-4-5-16-12-17(7-6-15(16)2)18-8-9-20-14-21(22)11-10-19(20)13-18/h5-7,9-14,18,22H,2-4,8H2,1H3/b16-5-. The summed E-state index contributed by atoms with van der Waals surface area (Å²) in [6.07, 6.45) is 10.0. The molecule has 1 aliphatic carbocycles. The molecule has 0 fully saturated rings. The first-order valence-electron chi connectivity index (χ1n) is 7.97. The maximum absolute atomic E-state index is 9.58. The predicted octanol–water partition coefficient (Wildman–Crippen LogP) is 2.13. The van der Waals surface area contributed by atoms with Crippen LogP contribution in [0.4, 0.5) is 0 Å². The molecule has 0 amide bonds. The molecule has 0 saturated heterocycles. The van der Waals surface area contributed by atoms with E-state index in [2.05, 4.69) is 49.9 Å². The van der Waals surface area contributed by atoms with Gasteiger partial charge in [-0.15, -0.1) is 0 Å². The highest BCUT2D eigenvalue weighted by Crippen LogP contribution is 2.21. The fourth-order valence-electron chi connectivity index (χ4n) is 3.00. The van der Waals surface area contributed by atoms with E-state index in [0.717, 1.165) is 29.7 Å². The molecule has 1 aliphatic rings. The molecule has 0 saturated carbocycles. The van der Waals surface area contributed by atoms with Gasteiger partial charge in [0, 0.05) is 5.92 Å². The van der Waals surface area contributed by atoms with Crippen LogP contribution in [0, 0.1) is 0 Å². The Bertz CT molecular complexity index is 906. The van der Waals surface area contributed by atoms with Gasteiger partial charge in [-0.25, -0.2) is 0 Å². The second-order valence-electron chi connectivity index (χ2n) is 5.98. The first kappa shape index (κ1) is 14.6. The van der Waals surface area contributed by atoms with Crippen LogP contribution >= 0.6 is 0 Å². The minimum Gasteiger partial charge on any atom is -0.508 e. The second-order valence-corrected chi connectivity index (χ2v) is 5.98. The van der Waals surface area contributed by atoms with Crippen LogP contribution < -0.4 is 20.9 Å². The van der Waals surface area contributed by atoms with Gasteiger partial charge in [-0.3, -0.25) is 0 Å². The van der Waals surface area contributed by atoms with E-state index in [1.807, 2.05) is 12.1 Å². The zero-order chi connectivity index (χ0) is 15.5. The maximum atomic E-state index is 9.58. The molecule has 1 heteroatoms. The molecular formula is C21H22O. The monoisotopic (exact) mass is 290 g/mol. The van der Waals surface area contributed by atoms with Crippen molar-refractivity contribution in [2.75, 3.05) is 0 Å². The Kier molecular flexibility index (Phi) is 4.15. The number of hydrogen-bond acceptors (Lipinski definition) is 1. The highest BCUT2D eigenvalue weighted by atomic mass is 16.3. The second kappa shape index (κ2) is 6.23. The zero-order valence-electron chi connectivity index (χ0n) is 13.0. The molecule has 22 heavy (non-hydrogen) atoms.